The Morgan fingerprint density at radius 3 is 2.95 bits per heavy atom. The van der Waals surface area contributed by atoms with Crippen LogP contribution >= 0.6 is 15.9 Å². The van der Waals surface area contributed by atoms with Gasteiger partial charge in [-0.25, -0.2) is 0 Å². The lowest BCUT2D eigenvalue weighted by Gasteiger charge is -2.21. The van der Waals surface area contributed by atoms with E-state index in [1.807, 2.05) is 0 Å². The maximum Gasteiger partial charge on any atom is 0.127 e. The highest BCUT2D eigenvalue weighted by atomic mass is 79.9. The summed E-state index contributed by atoms with van der Waals surface area (Å²) in [5.74, 6) is 1.98. The summed E-state index contributed by atoms with van der Waals surface area (Å²) < 4.78 is 6.95. The van der Waals surface area contributed by atoms with Crippen LogP contribution in [-0.4, -0.2) is 12.6 Å². The van der Waals surface area contributed by atoms with Crippen molar-refractivity contribution in [2.24, 2.45) is 5.92 Å². The van der Waals surface area contributed by atoms with Crippen molar-refractivity contribution in [2.75, 3.05) is 6.61 Å². The lowest BCUT2D eigenvalue weighted by atomic mass is 9.99. The van der Waals surface area contributed by atoms with Crippen molar-refractivity contribution in [3.63, 3.8) is 0 Å². The molecule has 0 saturated heterocycles. The minimum atomic E-state index is 0.610. The van der Waals surface area contributed by atoms with Crippen molar-refractivity contribution in [3.8, 4) is 5.75 Å². The summed E-state index contributed by atoms with van der Waals surface area (Å²) in [5.41, 5.74) is 2.64. The molecule has 1 heterocycles. The van der Waals surface area contributed by atoms with Crippen LogP contribution in [0.1, 0.15) is 43.7 Å². The Labute approximate surface area is 124 Å². The van der Waals surface area contributed by atoms with Gasteiger partial charge >= 0.3 is 0 Å². The first-order valence-electron chi connectivity index (χ1n) is 7.41. The van der Waals surface area contributed by atoms with E-state index in [0.717, 1.165) is 31.2 Å². The molecule has 1 unspecified atom stereocenters. The molecule has 1 aliphatic carbocycles. The first-order chi connectivity index (χ1) is 9.24. The number of nitrogens with one attached hydrogen (secondary N) is 1. The topological polar surface area (TPSA) is 21.3 Å². The summed E-state index contributed by atoms with van der Waals surface area (Å²) >= 11 is 3.61. The third kappa shape index (κ3) is 2.97. The Hall–Kier alpha value is -0.540. The van der Waals surface area contributed by atoms with Gasteiger partial charge in [0.25, 0.3) is 0 Å². The fourth-order valence-electron chi connectivity index (χ4n) is 3.37. The first-order valence-corrected chi connectivity index (χ1v) is 8.21. The van der Waals surface area contributed by atoms with Crippen molar-refractivity contribution in [1.82, 2.24) is 5.32 Å². The fourth-order valence-corrected chi connectivity index (χ4v) is 3.92. The van der Waals surface area contributed by atoms with E-state index in [-0.39, 0.29) is 0 Å². The van der Waals surface area contributed by atoms with Crippen LogP contribution in [0.2, 0.25) is 0 Å². The van der Waals surface area contributed by atoms with Crippen LogP contribution in [-0.2, 0) is 13.0 Å². The molecule has 1 aromatic rings. The molecule has 1 N–H and O–H groups in total. The van der Waals surface area contributed by atoms with Gasteiger partial charge in [0.1, 0.15) is 5.75 Å². The van der Waals surface area contributed by atoms with Crippen LogP contribution in [0.15, 0.2) is 16.6 Å². The van der Waals surface area contributed by atoms with E-state index in [0.29, 0.717) is 6.04 Å². The molecule has 1 atom stereocenters. The number of halogens is 1. The van der Waals surface area contributed by atoms with Gasteiger partial charge < -0.3 is 10.1 Å². The second-order valence-electron chi connectivity index (χ2n) is 5.87. The van der Waals surface area contributed by atoms with Crippen molar-refractivity contribution in [3.05, 3.63) is 27.7 Å². The molecule has 1 saturated carbocycles. The lowest BCUT2D eigenvalue weighted by molar-refractivity contribution is 0.346. The van der Waals surface area contributed by atoms with Crippen LogP contribution in [0.4, 0.5) is 0 Å². The predicted molar refractivity (Wildman–Crippen MR) is 81.6 cm³/mol. The van der Waals surface area contributed by atoms with Crippen molar-refractivity contribution in [1.29, 1.82) is 0 Å². The molecule has 3 heteroatoms. The summed E-state index contributed by atoms with van der Waals surface area (Å²) in [6, 6.07) is 4.99. The van der Waals surface area contributed by atoms with Gasteiger partial charge in [-0.2, -0.15) is 0 Å². The molecule has 3 rings (SSSR count). The zero-order valence-corrected chi connectivity index (χ0v) is 13.1. The second-order valence-corrected chi connectivity index (χ2v) is 6.78. The predicted octanol–water partition coefficient (Wildman–Crippen LogP) is 4.05. The summed E-state index contributed by atoms with van der Waals surface area (Å²) in [7, 11) is 0. The average molecular weight is 324 g/mol. The van der Waals surface area contributed by atoms with Crippen LogP contribution in [0.3, 0.4) is 0 Å². The summed E-state index contributed by atoms with van der Waals surface area (Å²) in [6.07, 6.45) is 6.64. The van der Waals surface area contributed by atoms with Gasteiger partial charge in [-0.15, -0.1) is 0 Å². The number of hydrogen-bond donors (Lipinski definition) is 1. The highest BCUT2D eigenvalue weighted by molar-refractivity contribution is 9.10. The Bertz CT molecular complexity index is 454. The van der Waals surface area contributed by atoms with Crippen LogP contribution in [0.25, 0.3) is 0 Å². The van der Waals surface area contributed by atoms with Gasteiger partial charge in [0.2, 0.25) is 0 Å². The third-order valence-corrected chi connectivity index (χ3v) is 5.00. The van der Waals surface area contributed by atoms with Gasteiger partial charge in [-0.3, -0.25) is 0 Å². The molecule has 1 fully saturated rings. The van der Waals surface area contributed by atoms with E-state index >= 15 is 0 Å². The molecule has 0 aromatic heterocycles. The fraction of sp³-hybridized carbons (Fsp3) is 0.625. The van der Waals surface area contributed by atoms with E-state index < -0.39 is 0 Å². The van der Waals surface area contributed by atoms with E-state index in [2.05, 4.69) is 40.3 Å². The van der Waals surface area contributed by atoms with Crippen LogP contribution in [0, 0.1) is 5.92 Å². The number of rotatable bonds is 4. The number of hydrogen-bond acceptors (Lipinski definition) is 2. The minimum absolute atomic E-state index is 0.610. The van der Waals surface area contributed by atoms with Gasteiger partial charge in [0.05, 0.1) is 6.61 Å². The third-order valence-electron chi connectivity index (χ3n) is 4.55. The highest BCUT2D eigenvalue weighted by Crippen LogP contribution is 2.33. The zero-order chi connectivity index (χ0) is 13.2. The molecule has 0 spiro atoms. The molecule has 1 aliphatic heterocycles. The zero-order valence-electron chi connectivity index (χ0n) is 11.5. The van der Waals surface area contributed by atoms with Gasteiger partial charge in [0.15, 0.2) is 0 Å². The smallest absolute Gasteiger partial charge is 0.127 e. The van der Waals surface area contributed by atoms with Crippen molar-refractivity contribution < 1.29 is 4.74 Å². The van der Waals surface area contributed by atoms with Crippen LogP contribution < -0.4 is 10.1 Å². The average Bonchev–Trinajstić information content (AvgIpc) is 3.05. The molecule has 2 nitrogen and oxygen atoms in total. The molecule has 0 bridgehead atoms. The second kappa shape index (κ2) is 5.84. The maximum absolute atomic E-state index is 5.78. The van der Waals surface area contributed by atoms with Gasteiger partial charge in [-0.1, -0.05) is 28.8 Å². The molecular weight excluding hydrogens is 302 g/mol. The molecule has 104 valence electrons. The van der Waals surface area contributed by atoms with E-state index in [4.69, 9.17) is 4.74 Å². The molecule has 19 heavy (non-hydrogen) atoms. The number of fused-ring (bicyclic) bond motifs is 1. The van der Waals surface area contributed by atoms with E-state index in [1.54, 1.807) is 0 Å². The normalized spacial score (nSPS) is 20.3. The molecule has 0 radical (unpaired) electrons. The Morgan fingerprint density at radius 1 is 1.37 bits per heavy atom. The minimum Gasteiger partial charge on any atom is -0.493 e. The maximum atomic E-state index is 5.78. The Kier molecular flexibility index (Phi) is 4.13. The van der Waals surface area contributed by atoms with Gasteiger partial charge in [0, 0.05) is 29.0 Å². The van der Waals surface area contributed by atoms with E-state index in [9.17, 15) is 0 Å². The lowest BCUT2D eigenvalue weighted by Crippen LogP contribution is -2.31. The summed E-state index contributed by atoms with van der Waals surface area (Å²) in [4.78, 5) is 0. The molecule has 2 aliphatic rings. The Morgan fingerprint density at radius 2 is 2.16 bits per heavy atom. The Balaban J connectivity index is 1.66. The quantitative estimate of drug-likeness (QED) is 0.902. The van der Waals surface area contributed by atoms with Gasteiger partial charge in [-0.05, 0) is 43.4 Å². The molecule has 1 aromatic carbocycles. The largest absolute Gasteiger partial charge is 0.493 e. The van der Waals surface area contributed by atoms with Crippen molar-refractivity contribution in [2.45, 2.75) is 51.6 Å². The molecule has 0 amide bonds. The standard InChI is InChI=1S/C16H22BrNO/c1-11(12-4-2-3-5-12)18-10-14-9-15(17)8-13-6-7-19-16(13)14/h8-9,11-12,18H,2-7,10H2,1H3. The monoisotopic (exact) mass is 323 g/mol. The van der Waals surface area contributed by atoms with E-state index in [1.165, 1.54) is 41.3 Å². The summed E-state index contributed by atoms with van der Waals surface area (Å²) in [5, 5.41) is 3.70. The highest BCUT2D eigenvalue weighted by Gasteiger charge is 2.22. The SMILES string of the molecule is CC(NCc1cc(Br)cc2c1OCC2)C1CCCC1. The van der Waals surface area contributed by atoms with Crippen molar-refractivity contribution >= 4 is 15.9 Å². The number of benzene rings is 1. The molecular formula is C16H22BrNO. The first kappa shape index (κ1) is 13.4. The number of ether oxygens (including phenoxy) is 1. The summed E-state index contributed by atoms with van der Waals surface area (Å²) in [6.45, 7) is 4.07. The van der Waals surface area contributed by atoms with Crippen LogP contribution in [0.5, 0.6) is 5.75 Å².